The van der Waals surface area contributed by atoms with Crippen LogP contribution in [0.25, 0.3) is 0 Å². The van der Waals surface area contributed by atoms with Gasteiger partial charge in [-0.15, -0.1) is 0 Å². The zero-order valence-corrected chi connectivity index (χ0v) is 17.0. The molecule has 1 saturated carbocycles. The lowest BCUT2D eigenvalue weighted by Gasteiger charge is -2.29. The van der Waals surface area contributed by atoms with Crippen LogP contribution in [0.2, 0.25) is 0 Å². The minimum absolute atomic E-state index is 0.0588. The van der Waals surface area contributed by atoms with Crippen molar-refractivity contribution < 1.29 is 27.4 Å². The molecule has 0 unspecified atom stereocenters. The molecule has 3 rings (SSSR count). The summed E-state index contributed by atoms with van der Waals surface area (Å²) in [4.78, 5) is 19.8. The van der Waals surface area contributed by atoms with Gasteiger partial charge in [-0.3, -0.25) is 4.98 Å². The van der Waals surface area contributed by atoms with Gasteiger partial charge in [0.15, 0.2) is 0 Å². The summed E-state index contributed by atoms with van der Waals surface area (Å²) in [6.07, 6.45) is 5.62. The van der Waals surface area contributed by atoms with Crippen LogP contribution >= 0.6 is 0 Å². The molecule has 0 spiro atoms. The molecule has 1 fully saturated rings. The number of rotatable bonds is 7. The molecule has 0 aliphatic heterocycles. The highest BCUT2D eigenvalue weighted by Gasteiger charge is 2.27. The fraction of sp³-hybridized carbons (Fsp3) is 0.421. The zero-order valence-electron chi connectivity index (χ0n) is 16.2. The van der Waals surface area contributed by atoms with Crippen molar-refractivity contribution in [2.24, 2.45) is 0 Å². The van der Waals surface area contributed by atoms with Crippen molar-refractivity contribution in [3.63, 3.8) is 0 Å². The van der Waals surface area contributed by atoms with E-state index in [9.17, 15) is 13.2 Å². The molecule has 1 aromatic heterocycles. The van der Waals surface area contributed by atoms with Gasteiger partial charge in [-0.2, -0.15) is 4.98 Å². The van der Waals surface area contributed by atoms with Crippen LogP contribution in [0.5, 0.6) is 11.8 Å². The number of hydrogen-bond acceptors (Lipinski definition) is 8. The molecular weight excluding hydrogens is 398 g/mol. The van der Waals surface area contributed by atoms with E-state index >= 15 is 0 Å². The Labute approximate surface area is 169 Å². The Balaban J connectivity index is 1.54. The van der Waals surface area contributed by atoms with Gasteiger partial charge >= 0.3 is 5.97 Å². The van der Waals surface area contributed by atoms with E-state index in [-0.39, 0.29) is 17.0 Å². The molecule has 1 heterocycles. The summed E-state index contributed by atoms with van der Waals surface area (Å²) < 4.78 is 43.4. The number of methoxy groups -OCH3 is 2. The van der Waals surface area contributed by atoms with Crippen molar-refractivity contribution in [2.45, 2.75) is 42.7 Å². The summed E-state index contributed by atoms with van der Waals surface area (Å²) in [6, 6.07) is 5.47. The second-order valence-corrected chi connectivity index (χ2v) is 8.34. The van der Waals surface area contributed by atoms with Crippen molar-refractivity contribution in [2.75, 3.05) is 14.2 Å². The van der Waals surface area contributed by atoms with Crippen LogP contribution in [0.1, 0.15) is 36.0 Å². The maximum Gasteiger partial charge on any atom is 0.337 e. The highest BCUT2D eigenvalue weighted by Crippen LogP contribution is 2.25. The number of ether oxygens (including phenoxy) is 3. The highest BCUT2D eigenvalue weighted by molar-refractivity contribution is 7.89. The van der Waals surface area contributed by atoms with Crippen LogP contribution in [0.4, 0.5) is 0 Å². The molecule has 0 radical (unpaired) electrons. The van der Waals surface area contributed by atoms with Crippen molar-refractivity contribution >= 4 is 16.0 Å². The van der Waals surface area contributed by atoms with Crippen molar-refractivity contribution in [1.82, 2.24) is 14.7 Å². The Morgan fingerprint density at radius 3 is 2.31 bits per heavy atom. The first kappa shape index (κ1) is 21.0. The Bertz CT molecular complexity index is 941. The molecule has 9 nitrogen and oxygen atoms in total. The molecule has 10 heteroatoms. The normalized spacial score (nSPS) is 19.4. The van der Waals surface area contributed by atoms with E-state index in [1.54, 1.807) is 0 Å². The number of nitrogens with zero attached hydrogens (tertiary/aromatic N) is 2. The molecule has 156 valence electrons. The minimum Gasteiger partial charge on any atom is -0.480 e. The third-order valence-electron chi connectivity index (χ3n) is 4.67. The number of aromatic nitrogens is 2. The van der Waals surface area contributed by atoms with Crippen LogP contribution in [0.15, 0.2) is 41.6 Å². The molecule has 1 aliphatic carbocycles. The van der Waals surface area contributed by atoms with Crippen molar-refractivity contribution in [3.8, 4) is 11.8 Å². The van der Waals surface area contributed by atoms with E-state index in [2.05, 4.69) is 19.4 Å². The maximum atomic E-state index is 12.6. The summed E-state index contributed by atoms with van der Waals surface area (Å²) >= 11 is 0. The van der Waals surface area contributed by atoms with Crippen molar-refractivity contribution in [1.29, 1.82) is 0 Å². The average molecular weight is 421 g/mol. The van der Waals surface area contributed by atoms with E-state index < -0.39 is 16.0 Å². The van der Waals surface area contributed by atoms with Gasteiger partial charge in [-0.05, 0) is 49.9 Å². The minimum atomic E-state index is -3.68. The van der Waals surface area contributed by atoms with Gasteiger partial charge in [0.2, 0.25) is 21.8 Å². The Kier molecular flexibility index (Phi) is 6.65. The summed E-state index contributed by atoms with van der Waals surface area (Å²) in [5.74, 6) is 0.252. The van der Waals surface area contributed by atoms with Gasteiger partial charge < -0.3 is 14.2 Å². The second-order valence-electron chi connectivity index (χ2n) is 6.63. The second kappa shape index (κ2) is 9.19. The summed E-state index contributed by atoms with van der Waals surface area (Å²) in [7, 11) is -0.895. The first-order chi connectivity index (χ1) is 13.9. The average Bonchev–Trinajstić information content (AvgIpc) is 2.74. The number of hydrogen-bond donors (Lipinski definition) is 1. The molecule has 0 amide bonds. The maximum absolute atomic E-state index is 12.6. The van der Waals surface area contributed by atoms with Gasteiger partial charge in [0, 0.05) is 6.04 Å². The zero-order chi connectivity index (χ0) is 20.9. The molecule has 29 heavy (non-hydrogen) atoms. The van der Waals surface area contributed by atoms with Crippen LogP contribution < -0.4 is 14.2 Å². The number of carbonyl (C=O) groups is 1. The quantitative estimate of drug-likeness (QED) is 0.674. The van der Waals surface area contributed by atoms with E-state index in [4.69, 9.17) is 9.47 Å². The number of benzene rings is 1. The number of esters is 1. The van der Waals surface area contributed by atoms with Gasteiger partial charge in [-0.1, -0.05) is 0 Å². The van der Waals surface area contributed by atoms with Gasteiger partial charge in [0.05, 0.1) is 37.1 Å². The summed E-state index contributed by atoms with van der Waals surface area (Å²) in [5.41, 5.74) is 0.296. The molecule has 0 saturated heterocycles. The standard InChI is InChI=1S/C19H23N3O6S/c1-26-17-11-20-12-18(21-17)28-15-7-5-14(6-8-15)22-29(24,25)16-9-3-13(4-10-16)19(23)27-2/h3-4,9-12,14-15,22H,5-8H2,1-2H3. The molecular formula is C19H23N3O6S. The Morgan fingerprint density at radius 1 is 1.03 bits per heavy atom. The van der Waals surface area contributed by atoms with Crippen LogP contribution in [-0.4, -0.2) is 50.7 Å². The number of sulfonamides is 1. The summed E-state index contributed by atoms with van der Waals surface area (Å²) in [5, 5.41) is 0. The highest BCUT2D eigenvalue weighted by atomic mass is 32.2. The van der Waals surface area contributed by atoms with Gasteiger partial charge in [0.1, 0.15) is 6.10 Å². The van der Waals surface area contributed by atoms with Gasteiger partial charge in [0.25, 0.3) is 0 Å². The Morgan fingerprint density at radius 2 is 1.69 bits per heavy atom. The fourth-order valence-electron chi connectivity index (χ4n) is 3.13. The third-order valence-corrected chi connectivity index (χ3v) is 6.21. The van der Waals surface area contributed by atoms with E-state index in [0.717, 1.165) is 0 Å². The number of nitrogens with one attached hydrogen (secondary N) is 1. The topological polar surface area (TPSA) is 117 Å². The molecule has 1 N–H and O–H groups in total. The predicted molar refractivity (Wildman–Crippen MR) is 103 cm³/mol. The first-order valence-electron chi connectivity index (χ1n) is 9.14. The van der Waals surface area contributed by atoms with Crippen LogP contribution in [-0.2, 0) is 14.8 Å². The lowest BCUT2D eigenvalue weighted by Crippen LogP contribution is -2.39. The number of carbonyl (C=O) groups excluding carboxylic acids is 1. The van der Waals surface area contributed by atoms with Gasteiger partial charge in [-0.25, -0.2) is 17.9 Å². The summed E-state index contributed by atoms with van der Waals surface area (Å²) in [6.45, 7) is 0. The van der Waals surface area contributed by atoms with E-state index in [0.29, 0.717) is 43.0 Å². The predicted octanol–water partition coefficient (Wildman–Crippen LogP) is 1.94. The molecule has 0 atom stereocenters. The Hall–Kier alpha value is -2.72. The van der Waals surface area contributed by atoms with E-state index in [1.807, 2.05) is 0 Å². The van der Waals surface area contributed by atoms with E-state index in [1.165, 1.54) is 50.9 Å². The smallest absolute Gasteiger partial charge is 0.337 e. The van der Waals surface area contributed by atoms with Crippen LogP contribution in [0, 0.1) is 0 Å². The fourth-order valence-corrected chi connectivity index (χ4v) is 4.44. The molecule has 1 aliphatic rings. The largest absolute Gasteiger partial charge is 0.480 e. The first-order valence-corrected chi connectivity index (χ1v) is 10.6. The van der Waals surface area contributed by atoms with Crippen molar-refractivity contribution in [3.05, 3.63) is 42.2 Å². The molecule has 0 bridgehead atoms. The molecule has 1 aromatic carbocycles. The monoisotopic (exact) mass is 421 g/mol. The lowest BCUT2D eigenvalue weighted by molar-refractivity contribution is 0.0600. The molecule has 2 aromatic rings. The SMILES string of the molecule is COC(=O)c1ccc(S(=O)(=O)NC2CCC(Oc3cncc(OC)n3)CC2)cc1. The van der Waals surface area contributed by atoms with Crippen LogP contribution in [0.3, 0.4) is 0 Å². The lowest BCUT2D eigenvalue weighted by atomic mass is 9.94. The third kappa shape index (κ3) is 5.42.